The molecule has 4 rings (SSSR count). The van der Waals surface area contributed by atoms with E-state index in [4.69, 9.17) is 4.74 Å². The number of ether oxygens (including phenoxy) is 1. The van der Waals surface area contributed by atoms with E-state index in [1.165, 1.54) is 36.8 Å². The molecule has 2 N–H and O–H groups in total. The fourth-order valence-electron chi connectivity index (χ4n) is 4.24. The highest BCUT2D eigenvalue weighted by Gasteiger charge is 2.41. The van der Waals surface area contributed by atoms with Gasteiger partial charge in [-0.2, -0.15) is 0 Å². The molecular formula is C18H26IN3O. The average molecular weight is 427 g/mol. The first-order chi connectivity index (χ1) is 10.8. The van der Waals surface area contributed by atoms with Gasteiger partial charge in [0.1, 0.15) is 0 Å². The minimum Gasteiger partial charge on any atom is -0.373 e. The van der Waals surface area contributed by atoms with E-state index in [0.717, 1.165) is 18.9 Å². The maximum absolute atomic E-state index is 5.91. The topological polar surface area (TPSA) is 45.7 Å². The fraction of sp³-hybridized carbons (Fsp3) is 0.611. The van der Waals surface area contributed by atoms with Crippen molar-refractivity contribution in [3.8, 4) is 0 Å². The monoisotopic (exact) mass is 427 g/mol. The number of nitrogens with zero attached hydrogens (tertiary/aromatic N) is 1. The number of aryl methyl sites for hydroxylation is 1. The van der Waals surface area contributed by atoms with Crippen molar-refractivity contribution in [2.45, 2.75) is 56.3 Å². The Morgan fingerprint density at radius 2 is 2.13 bits per heavy atom. The number of rotatable bonds is 3. The van der Waals surface area contributed by atoms with Crippen molar-refractivity contribution in [3.05, 3.63) is 35.4 Å². The third-order valence-corrected chi connectivity index (χ3v) is 5.42. The van der Waals surface area contributed by atoms with Gasteiger partial charge in [-0.15, -0.1) is 24.0 Å². The number of halogens is 1. The molecule has 1 aliphatic carbocycles. The summed E-state index contributed by atoms with van der Waals surface area (Å²) < 4.78 is 5.91. The Morgan fingerprint density at radius 3 is 2.87 bits per heavy atom. The molecule has 126 valence electrons. The molecule has 0 aromatic heterocycles. The molecule has 1 aromatic carbocycles. The molecule has 0 saturated carbocycles. The number of aliphatic imine (C=N–C) groups is 1. The number of fused-ring (bicyclic) bond motifs is 3. The van der Waals surface area contributed by atoms with Crippen molar-refractivity contribution in [1.82, 2.24) is 10.6 Å². The first kappa shape index (κ1) is 17.0. The smallest absolute Gasteiger partial charge is 0.191 e. The molecule has 2 bridgehead atoms. The van der Waals surface area contributed by atoms with Crippen LogP contribution in [-0.2, 0) is 11.2 Å². The first-order valence-electron chi connectivity index (χ1n) is 8.54. The molecule has 2 heterocycles. The lowest BCUT2D eigenvalue weighted by Crippen LogP contribution is -2.48. The van der Waals surface area contributed by atoms with Gasteiger partial charge in [0.15, 0.2) is 5.96 Å². The van der Waals surface area contributed by atoms with E-state index in [0.29, 0.717) is 24.2 Å². The van der Waals surface area contributed by atoms with E-state index < -0.39 is 0 Å². The first-order valence-corrected chi connectivity index (χ1v) is 8.54. The predicted molar refractivity (Wildman–Crippen MR) is 104 cm³/mol. The Bertz CT molecular complexity index is 577. The molecule has 0 radical (unpaired) electrons. The molecule has 4 nitrogen and oxygen atoms in total. The lowest BCUT2D eigenvalue weighted by molar-refractivity contribution is 0.0992. The Kier molecular flexibility index (Phi) is 5.46. The van der Waals surface area contributed by atoms with Gasteiger partial charge >= 0.3 is 0 Å². The summed E-state index contributed by atoms with van der Waals surface area (Å²) >= 11 is 0. The second-order valence-corrected chi connectivity index (χ2v) is 6.75. The van der Waals surface area contributed by atoms with Crippen LogP contribution in [0.1, 0.15) is 42.7 Å². The van der Waals surface area contributed by atoms with Crippen LogP contribution >= 0.6 is 24.0 Å². The normalized spacial score (nSPS) is 31.6. The van der Waals surface area contributed by atoms with Crippen LogP contribution in [0, 0.1) is 0 Å². The van der Waals surface area contributed by atoms with E-state index in [2.05, 4.69) is 39.9 Å². The summed E-state index contributed by atoms with van der Waals surface area (Å²) in [6.45, 7) is 0.957. The molecule has 5 heteroatoms. The zero-order chi connectivity index (χ0) is 14.9. The van der Waals surface area contributed by atoms with Crippen LogP contribution in [0.3, 0.4) is 0 Å². The second-order valence-electron chi connectivity index (χ2n) is 6.75. The SMILES string of the molecule is CN=C(NCC1CCc2ccccc21)NC1CC2CCC1O2.I. The lowest BCUT2D eigenvalue weighted by Gasteiger charge is -2.23. The number of hydrogen-bond acceptors (Lipinski definition) is 2. The van der Waals surface area contributed by atoms with Crippen LogP contribution < -0.4 is 10.6 Å². The van der Waals surface area contributed by atoms with Crippen LogP contribution in [0.5, 0.6) is 0 Å². The highest BCUT2D eigenvalue weighted by Crippen LogP contribution is 2.34. The third-order valence-electron chi connectivity index (χ3n) is 5.42. The van der Waals surface area contributed by atoms with E-state index in [9.17, 15) is 0 Å². The Hall–Kier alpha value is -0.820. The van der Waals surface area contributed by atoms with Crippen molar-refractivity contribution in [2.24, 2.45) is 4.99 Å². The summed E-state index contributed by atoms with van der Waals surface area (Å²) in [6, 6.07) is 9.26. The maximum Gasteiger partial charge on any atom is 0.191 e. The molecule has 2 fully saturated rings. The minimum atomic E-state index is 0. The zero-order valence-corrected chi connectivity index (χ0v) is 16.0. The molecule has 0 amide bonds. The van der Waals surface area contributed by atoms with Gasteiger partial charge in [-0.25, -0.2) is 0 Å². The summed E-state index contributed by atoms with van der Waals surface area (Å²) in [7, 11) is 1.85. The molecule has 0 spiro atoms. The Labute approximate surface area is 155 Å². The van der Waals surface area contributed by atoms with Crippen LogP contribution in [-0.4, -0.2) is 37.8 Å². The minimum absolute atomic E-state index is 0. The standard InChI is InChI=1S/C18H25N3O.HI/c1-19-18(21-16-10-14-8-9-17(16)22-14)20-11-13-7-6-12-4-2-3-5-15(12)13;/h2-5,13-14,16-17H,6-11H2,1H3,(H2,19,20,21);1H. The maximum atomic E-state index is 5.91. The van der Waals surface area contributed by atoms with Crippen LogP contribution in [0.4, 0.5) is 0 Å². The van der Waals surface area contributed by atoms with Crippen molar-refractivity contribution in [2.75, 3.05) is 13.6 Å². The largest absolute Gasteiger partial charge is 0.373 e. The fourth-order valence-corrected chi connectivity index (χ4v) is 4.24. The van der Waals surface area contributed by atoms with Gasteiger partial charge < -0.3 is 15.4 Å². The Morgan fingerprint density at radius 1 is 1.26 bits per heavy atom. The molecule has 1 aromatic rings. The van der Waals surface area contributed by atoms with Gasteiger partial charge in [0.05, 0.1) is 18.2 Å². The van der Waals surface area contributed by atoms with Crippen molar-refractivity contribution >= 4 is 29.9 Å². The van der Waals surface area contributed by atoms with Gasteiger partial charge in [-0.1, -0.05) is 24.3 Å². The third kappa shape index (κ3) is 3.50. The number of hydrogen-bond donors (Lipinski definition) is 2. The average Bonchev–Trinajstić information content (AvgIpc) is 3.26. The number of nitrogens with one attached hydrogen (secondary N) is 2. The molecule has 2 aliphatic heterocycles. The zero-order valence-electron chi connectivity index (χ0n) is 13.6. The molecule has 23 heavy (non-hydrogen) atoms. The molecule has 4 unspecified atom stereocenters. The summed E-state index contributed by atoms with van der Waals surface area (Å²) in [6.07, 6.45) is 6.84. The van der Waals surface area contributed by atoms with Crippen LogP contribution in [0.2, 0.25) is 0 Å². The van der Waals surface area contributed by atoms with Gasteiger partial charge in [0.2, 0.25) is 0 Å². The lowest BCUT2D eigenvalue weighted by atomic mass is 9.96. The number of guanidine groups is 1. The van der Waals surface area contributed by atoms with Crippen molar-refractivity contribution in [1.29, 1.82) is 0 Å². The van der Waals surface area contributed by atoms with E-state index in [-0.39, 0.29) is 24.0 Å². The van der Waals surface area contributed by atoms with Crippen LogP contribution in [0.25, 0.3) is 0 Å². The summed E-state index contributed by atoms with van der Waals surface area (Å²) in [5.74, 6) is 1.52. The quantitative estimate of drug-likeness (QED) is 0.443. The summed E-state index contributed by atoms with van der Waals surface area (Å²) in [5, 5.41) is 7.08. The van der Waals surface area contributed by atoms with Gasteiger partial charge in [-0.05, 0) is 43.2 Å². The molecule has 2 saturated heterocycles. The van der Waals surface area contributed by atoms with Crippen LogP contribution in [0.15, 0.2) is 29.3 Å². The highest BCUT2D eigenvalue weighted by molar-refractivity contribution is 14.0. The molecule has 3 aliphatic rings. The highest BCUT2D eigenvalue weighted by atomic mass is 127. The van der Waals surface area contributed by atoms with Crippen molar-refractivity contribution < 1.29 is 4.74 Å². The number of benzene rings is 1. The van der Waals surface area contributed by atoms with Gasteiger partial charge in [0.25, 0.3) is 0 Å². The van der Waals surface area contributed by atoms with Gasteiger partial charge in [-0.3, -0.25) is 4.99 Å². The second kappa shape index (κ2) is 7.38. The van der Waals surface area contributed by atoms with Gasteiger partial charge in [0, 0.05) is 19.5 Å². The van der Waals surface area contributed by atoms with E-state index >= 15 is 0 Å². The molecule has 4 atom stereocenters. The van der Waals surface area contributed by atoms with E-state index in [1.54, 1.807) is 0 Å². The predicted octanol–water partition coefficient (Wildman–Crippen LogP) is 2.82. The summed E-state index contributed by atoms with van der Waals surface area (Å²) in [4.78, 5) is 4.39. The Balaban J connectivity index is 0.00000156. The van der Waals surface area contributed by atoms with E-state index in [1.807, 2.05) is 7.05 Å². The summed E-state index contributed by atoms with van der Waals surface area (Å²) in [5.41, 5.74) is 3.02. The molecular weight excluding hydrogens is 401 g/mol. The van der Waals surface area contributed by atoms with Crippen molar-refractivity contribution in [3.63, 3.8) is 0 Å².